The highest BCUT2D eigenvalue weighted by Crippen LogP contribution is 2.08. The van der Waals surface area contributed by atoms with Crippen molar-refractivity contribution in [2.45, 2.75) is 39.8 Å². The molecule has 0 aliphatic carbocycles. The minimum absolute atomic E-state index is 0.187. The molecule has 0 saturated heterocycles. The molecule has 0 aromatic carbocycles. The van der Waals surface area contributed by atoms with Crippen molar-refractivity contribution < 1.29 is 4.42 Å². The van der Waals surface area contributed by atoms with Crippen molar-refractivity contribution in [3.8, 4) is 0 Å². The van der Waals surface area contributed by atoms with Crippen LogP contribution in [-0.4, -0.2) is 24.5 Å². The van der Waals surface area contributed by atoms with Crippen molar-refractivity contribution in [1.82, 2.24) is 24.5 Å². The van der Waals surface area contributed by atoms with E-state index in [1.165, 1.54) is 15.6 Å². The molecule has 0 unspecified atom stereocenters. The zero-order valence-corrected chi connectivity index (χ0v) is 10.3. The maximum absolute atomic E-state index is 12.0. The number of rotatable bonds is 2. The molecule has 2 aromatic heterocycles. The molecule has 2 heterocycles. The summed E-state index contributed by atoms with van der Waals surface area (Å²) < 4.78 is 8.09. The van der Waals surface area contributed by atoms with E-state index in [-0.39, 0.29) is 17.8 Å². The molecule has 0 N–H and O–H groups in total. The van der Waals surface area contributed by atoms with Gasteiger partial charge in [0.1, 0.15) is 12.9 Å². The van der Waals surface area contributed by atoms with Crippen LogP contribution in [-0.2, 0) is 12.1 Å². The van der Waals surface area contributed by atoms with Crippen molar-refractivity contribution in [3.05, 3.63) is 28.6 Å². The highest BCUT2D eigenvalue weighted by molar-refractivity contribution is 4.84. The molecule has 0 bridgehead atoms. The second kappa shape index (κ2) is 3.83. The third kappa shape index (κ3) is 2.27. The van der Waals surface area contributed by atoms with Gasteiger partial charge in [0.05, 0.1) is 5.54 Å². The molecule has 0 saturated carbocycles. The van der Waals surface area contributed by atoms with Gasteiger partial charge in [-0.15, -0.1) is 10.2 Å². The quantitative estimate of drug-likeness (QED) is 0.761. The molecule has 2 rings (SSSR count). The summed E-state index contributed by atoms with van der Waals surface area (Å²) in [5, 5.41) is 11.6. The minimum atomic E-state index is -0.340. The average Bonchev–Trinajstić information content (AvgIpc) is 2.74. The molecule has 7 heteroatoms. The molecule has 0 spiro atoms. The predicted octanol–water partition coefficient (Wildman–Crippen LogP) is 0.540. The lowest BCUT2D eigenvalue weighted by atomic mass is 10.1. The van der Waals surface area contributed by atoms with Gasteiger partial charge in [-0.2, -0.15) is 5.10 Å². The highest BCUT2D eigenvalue weighted by atomic mass is 16.4. The van der Waals surface area contributed by atoms with Gasteiger partial charge in [0.2, 0.25) is 11.8 Å². The maximum atomic E-state index is 12.0. The monoisotopic (exact) mass is 237 g/mol. The van der Waals surface area contributed by atoms with E-state index in [4.69, 9.17) is 4.42 Å². The molecule has 0 aliphatic rings. The van der Waals surface area contributed by atoms with Gasteiger partial charge in [0.25, 0.3) is 0 Å². The second-order valence-electron chi connectivity index (χ2n) is 4.84. The van der Waals surface area contributed by atoms with E-state index in [0.29, 0.717) is 11.8 Å². The SMILES string of the molecule is Cc1nnc(Cn2cnn(C(C)(C)C)c2=O)o1. The lowest BCUT2D eigenvalue weighted by Gasteiger charge is -2.16. The van der Waals surface area contributed by atoms with Gasteiger partial charge in [0.15, 0.2) is 0 Å². The van der Waals surface area contributed by atoms with Crippen LogP contribution in [0.5, 0.6) is 0 Å². The lowest BCUT2D eigenvalue weighted by Crippen LogP contribution is -2.35. The fourth-order valence-corrected chi connectivity index (χ4v) is 1.45. The first-order valence-corrected chi connectivity index (χ1v) is 5.32. The Morgan fingerprint density at radius 2 is 2.06 bits per heavy atom. The van der Waals surface area contributed by atoms with E-state index in [1.54, 1.807) is 6.92 Å². The summed E-state index contributed by atoms with van der Waals surface area (Å²) in [7, 11) is 0. The number of aromatic nitrogens is 5. The fourth-order valence-electron chi connectivity index (χ4n) is 1.45. The first kappa shape index (κ1) is 11.6. The van der Waals surface area contributed by atoms with Crippen molar-refractivity contribution in [2.24, 2.45) is 0 Å². The van der Waals surface area contributed by atoms with Gasteiger partial charge in [-0.3, -0.25) is 4.57 Å². The van der Waals surface area contributed by atoms with Crippen LogP contribution in [0.15, 0.2) is 15.5 Å². The molecular weight excluding hydrogens is 222 g/mol. The molecule has 0 radical (unpaired) electrons. The molecule has 2 aromatic rings. The Morgan fingerprint density at radius 3 is 2.53 bits per heavy atom. The van der Waals surface area contributed by atoms with Crippen LogP contribution in [0.3, 0.4) is 0 Å². The zero-order chi connectivity index (χ0) is 12.6. The molecular formula is C10H15N5O2. The van der Waals surface area contributed by atoms with E-state index < -0.39 is 0 Å². The zero-order valence-electron chi connectivity index (χ0n) is 10.3. The van der Waals surface area contributed by atoms with Crippen molar-refractivity contribution in [3.63, 3.8) is 0 Å². The molecule has 0 fully saturated rings. The number of hydrogen-bond donors (Lipinski definition) is 0. The lowest BCUT2D eigenvalue weighted by molar-refractivity contribution is 0.339. The van der Waals surface area contributed by atoms with Gasteiger partial charge >= 0.3 is 5.69 Å². The molecule has 92 valence electrons. The normalized spacial score (nSPS) is 12.0. The van der Waals surface area contributed by atoms with Gasteiger partial charge in [0, 0.05) is 6.92 Å². The molecule has 17 heavy (non-hydrogen) atoms. The van der Waals surface area contributed by atoms with Gasteiger partial charge < -0.3 is 4.42 Å². The van der Waals surface area contributed by atoms with E-state index >= 15 is 0 Å². The van der Waals surface area contributed by atoms with Gasteiger partial charge in [-0.1, -0.05) is 0 Å². The fraction of sp³-hybridized carbons (Fsp3) is 0.600. The minimum Gasteiger partial charge on any atom is -0.424 e. The highest BCUT2D eigenvalue weighted by Gasteiger charge is 2.19. The van der Waals surface area contributed by atoms with Crippen LogP contribution in [0.1, 0.15) is 32.6 Å². The number of hydrogen-bond acceptors (Lipinski definition) is 5. The Bertz CT molecular complexity index is 572. The van der Waals surface area contributed by atoms with E-state index in [1.807, 2.05) is 20.8 Å². The standard InChI is InChI=1S/C10H15N5O2/c1-7-12-13-8(17-7)5-14-6-11-15(9(14)16)10(2,3)4/h6H,5H2,1-4H3. The summed E-state index contributed by atoms with van der Waals surface area (Å²) in [5.74, 6) is 0.884. The van der Waals surface area contributed by atoms with Gasteiger partial charge in [-0.25, -0.2) is 9.48 Å². The molecule has 0 aliphatic heterocycles. The van der Waals surface area contributed by atoms with Crippen LogP contribution in [0.25, 0.3) is 0 Å². The van der Waals surface area contributed by atoms with Crippen LogP contribution < -0.4 is 5.69 Å². The van der Waals surface area contributed by atoms with Crippen LogP contribution in [0.4, 0.5) is 0 Å². The Kier molecular flexibility index (Phi) is 2.60. The first-order valence-electron chi connectivity index (χ1n) is 5.32. The summed E-state index contributed by atoms with van der Waals surface area (Å²) in [5.41, 5.74) is -0.527. The smallest absolute Gasteiger partial charge is 0.346 e. The van der Waals surface area contributed by atoms with Crippen molar-refractivity contribution in [1.29, 1.82) is 0 Å². The summed E-state index contributed by atoms with van der Waals surface area (Å²) in [4.78, 5) is 12.0. The third-order valence-corrected chi connectivity index (χ3v) is 2.24. The van der Waals surface area contributed by atoms with Gasteiger partial charge in [-0.05, 0) is 20.8 Å². The van der Waals surface area contributed by atoms with Crippen LogP contribution in [0.2, 0.25) is 0 Å². The largest absolute Gasteiger partial charge is 0.424 e. The number of aryl methyl sites for hydroxylation is 1. The summed E-state index contributed by atoms with van der Waals surface area (Å²) in [6.45, 7) is 7.71. The van der Waals surface area contributed by atoms with Crippen molar-refractivity contribution in [2.75, 3.05) is 0 Å². The second-order valence-corrected chi connectivity index (χ2v) is 4.84. The maximum Gasteiger partial charge on any atom is 0.346 e. The van der Waals surface area contributed by atoms with E-state index in [2.05, 4.69) is 15.3 Å². The van der Waals surface area contributed by atoms with E-state index in [9.17, 15) is 4.79 Å². The van der Waals surface area contributed by atoms with E-state index in [0.717, 1.165) is 0 Å². The molecule has 7 nitrogen and oxygen atoms in total. The Morgan fingerprint density at radius 1 is 1.35 bits per heavy atom. The first-order chi connectivity index (χ1) is 7.88. The average molecular weight is 237 g/mol. The summed E-state index contributed by atoms with van der Waals surface area (Å²) in [6, 6.07) is 0. The third-order valence-electron chi connectivity index (χ3n) is 2.24. The van der Waals surface area contributed by atoms with Crippen LogP contribution >= 0.6 is 0 Å². The Hall–Kier alpha value is -1.92. The predicted molar refractivity (Wildman–Crippen MR) is 59.6 cm³/mol. The summed E-state index contributed by atoms with van der Waals surface area (Å²) in [6.07, 6.45) is 1.48. The number of nitrogens with zero attached hydrogens (tertiary/aromatic N) is 5. The van der Waals surface area contributed by atoms with Crippen LogP contribution in [0, 0.1) is 6.92 Å². The van der Waals surface area contributed by atoms with Crippen molar-refractivity contribution >= 4 is 0 Å². The summed E-state index contributed by atoms with van der Waals surface area (Å²) >= 11 is 0. The molecule has 0 atom stereocenters. The molecule has 0 amide bonds. The Labute approximate surface area is 98.1 Å². The topological polar surface area (TPSA) is 78.7 Å². The Balaban J connectivity index is 2.30.